The van der Waals surface area contributed by atoms with E-state index in [4.69, 9.17) is 14.2 Å². The molecule has 0 rings (SSSR count). The van der Waals surface area contributed by atoms with Crippen LogP contribution in [0.4, 0.5) is 0 Å². The number of ether oxygens (including phenoxy) is 3. The summed E-state index contributed by atoms with van der Waals surface area (Å²) in [7, 11) is 0. The SMILES string of the molecule is CC/C=C\C/C=C\C/C=C\C/C=C\CCCCC(=O)OC(COC(=O)CCCCCCC/C=C\C/C=C\CCCC)COC(=O)CCCCCCCCCCCCCCCCCCCC. The van der Waals surface area contributed by atoms with E-state index in [2.05, 4.69) is 93.7 Å². The van der Waals surface area contributed by atoms with Crippen LogP contribution in [-0.4, -0.2) is 37.2 Å². The van der Waals surface area contributed by atoms with Gasteiger partial charge in [0.25, 0.3) is 0 Å². The number of hydrogen-bond acceptors (Lipinski definition) is 6. The Morgan fingerprint density at radius 3 is 1.02 bits per heavy atom. The molecule has 0 saturated carbocycles. The summed E-state index contributed by atoms with van der Waals surface area (Å²) in [5.74, 6) is -0.945. The Labute approximate surface area is 402 Å². The Morgan fingerprint density at radius 2 is 0.615 bits per heavy atom. The summed E-state index contributed by atoms with van der Waals surface area (Å²) in [4.78, 5) is 38.1. The molecule has 0 aromatic heterocycles. The van der Waals surface area contributed by atoms with Gasteiger partial charge in [0, 0.05) is 19.3 Å². The molecule has 374 valence electrons. The molecule has 0 aliphatic heterocycles. The topological polar surface area (TPSA) is 78.9 Å². The third kappa shape index (κ3) is 51.7. The van der Waals surface area contributed by atoms with Crippen LogP contribution in [0.3, 0.4) is 0 Å². The van der Waals surface area contributed by atoms with Gasteiger partial charge in [0.15, 0.2) is 6.10 Å². The van der Waals surface area contributed by atoms with Crippen molar-refractivity contribution >= 4 is 17.9 Å². The second-order valence-electron chi connectivity index (χ2n) is 18.1. The van der Waals surface area contributed by atoms with Crippen molar-refractivity contribution in [2.24, 2.45) is 0 Å². The van der Waals surface area contributed by atoms with E-state index in [1.807, 2.05) is 0 Å². The van der Waals surface area contributed by atoms with Crippen molar-refractivity contribution < 1.29 is 28.6 Å². The van der Waals surface area contributed by atoms with E-state index in [0.29, 0.717) is 19.3 Å². The van der Waals surface area contributed by atoms with Crippen molar-refractivity contribution in [2.45, 2.75) is 271 Å². The summed E-state index contributed by atoms with van der Waals surface area (Å²) in [6, 6.07) is 0. The lowest BCUT2D eigenvalue weighted by molar-refractivity contribution is -0.167. The van der Waals surface area contributed by atoms with Crippen LogP contribution in [0.5, 0.6) is 0 Å². The van der Waals surface area contributed by atoms with Crippen molar-refractivity contribution in [1.29, 1.82) is 0 Å². The molecule has 0 bridgehead atoms. The van der Waals surface area contributed by atoms with Gasteiger partial charge in [-0.1, -0.05) is 235 Å². The first-order valence-corrected chi connectivity index (χ1v) is 27.4. The van der Waals surface area contributed by atoms with E-state index in [0.717, 1.165) is 103 Å². The Morgan fingerprint density at radius 1 is 0.323 bits per heavy atom. The Kier molecular flexibility index (Phi) is 50.9. The molecule has 0 saturated heterocycles. The monoisotopic (exact) mass is 907 g/mol. The molecule has 0 spiro atoms. The van der Waals surface area contributed by atoms with E-state index in [9.17, 15) is 14.4 Å². The second kappa shape index (κ2) is 53.5. The Balaban J connectivity index is 4.42. The van der Waals surface area contributed by atoms with Gasteiger partial charge in [-0.15, -0.1) is 0 Å². The first-order valence-electron chi connectivity index (χ1n) is 27.4. The van der Waals surface area contributed by atoms with Crippen LogP contribution in [-0.2, 0) is 28.6 Å². The average molecular weight is 907 g/mol. The van der Waals surface area contributed by atoms with Crippen LogP contribution in [0.1, 0.15) is 265 Å². The number of unbranched alkanes of at least 4 members (excludes halogenated alkanes) is 26. The fourth-order valence-corrected chi connectivity index (χ4v) is 7.57. The fraction of sp³-hybridized carbons (Fsp3) is 0.746. The van der Waals surface area contributed by atoms with E-state index < -0.39 is 6.10 Å². The summed E-state index contributed by atoms with van der Waals surface area (Å²) in [6.07, 6.45) is 67.5. The van der Waals surface area contributed by atoms with Crippen molar-refractivity contribution in [3.63, 3.8) is 0 Å². The molecule has 0 amide bonds. The van der Waals surface area contributed by atoms with Crippen LogP contribution in [0.25, 0.3) is 0 Å². The van der Waals surface area contributed by atoms with Crippen molar-refractivity contribution in [3.05, 3.63) is 72.9 Å². The van der Waals surface area contributed by atoms with Gasteiger partial charge in [0.05, 0.1) is 0 Å². The third-order valence-corrected chi connectivity index (χ3v) is 11.7. The summed E-state index contributed by atoms with van der Waals surface area (Å²) >= 11 is 0. The highest BCUT2D eigenvalue weighted by Gasteiger charge is 2.19. The zero-order valence-electron chi connectivity index (χ0n) is 42.7. The average Bonchev–Trinajstić information content (AvgIpc) is 3.30. The van der Waals surface area contributed by atoms with Gasteiger partial charge in [0.1, 0.15) is 13.2 Å². The first-order chi connectivity index (χ1) is 32.0. The third-order valence-electron chi connectivity index (χ3n) is 11.7. The quantitative estimate of drug-likeness (QED) is 0.0262. The maximum absolute atomic E-state index is 12.8. The molecule has 0 aliphatic rings. The van der Waals surface area contributed by atoms with Gasteiger partial charge in [-0.3, -0.25) is 14.4 Å². The number of allylic oxidation sites excluding steroid dienone is 12. The summed E-state index contributed by atoms with van der Waals surface area (Å²) in [5.41, 5.74) is 0. The largest absolute Gasteiger partial charge is 0.462 e. The van der Waals surface area contributed by atoms with Gasteiger partial charge < -0.3 is 14.2 Å². The molecular formula is C59H102O6. The number of carbonyl (C=O) groups is 3. The van der Waals surface area contributed by atoms with E-state index in [1.54, 1.807) is 0 Å². The molecule has 0 aromatic rings. The standard InChI is InChI=1S/C59H102O6/c1-4-7-10-13-16-19-22-25-28-29-30-32-34-37-40-43-46-49-52-58(61)64-55-56(54-63-57(60)51-48-45-42-39-36-33-27-24-21-18-15-12-9-6-3)65-59(62)53-50-47-44-41-38-35-31-26-23-20-17-14-11-8-5-2/h8,11,15,17-18,20,24,26-27,31,38,41,56H,4-7,9-10,12-14,16,19,21-23,25,28-30,32-37,39-40,42-55H2,1-3H3/b11-8-,18-15-,20-17-,27-24-,31-26-,41-38-. The molecule has 1 atom stereocenters. The minimum atomic E-state index is -0.801. The number of hydrogen-bond donors (Lipinski definition) is 0. The molecule has 0 N–H and O–H groups in total. The van der Waals surface area contributed by atoms with Gasteiger partial charge in [-0.25, -0.2) is 0 Å². The molecule has 0 aromatic carbocycles. The van der Waals surface area contributed by atoms with E-state index >= 15 is 0 Å². The highest BCUT2D eigenvalue weighted by Crippen LogP contribution is 2.16. The summed E-state index contributed by atoms with van der Waals surface area (Å²) in [5, 5.41) is 0. The lowest BCUT2D eigenvalue weighted by atomic mass is 10.0. The number of rotatable bonds is 49. The maximum atomic E-state index is 12.8. The predicted molar refractivity (Wildman–Crippen MR) is 279 cm³/mol. The lowest BCUT2D eigenvalue weighted by Crippen LogP contribution is -2.30. The van der Waals surface area contributed by atoms with Crippen molar-refractivity contribution in [3.8, 4) is 0 Å². The number of carbonyl (C=O) groups excluding carboxylic acids is 3. The van der Waals surface area contributed by atoms with Crippen LogP contribution < -0.4 is 0 Å². The Hall–Kier alpha value is -3.15. The smallest absolute Gasteiger partial charge is 0.306 e. The highest BCUT2D eigenvalue weighted by atomic mass is 16.6. The Bertz CT molecular complexity index is 1230. The maximum Gasteiger partial charge on any atom is 0.306 e. The predicted octanol–water partition coefficient (Wildman–Crippen LogP) is 18.2. The molecule has 0 aliphatic carbocycles. The lowest BCUT2D eigenvalue weighted by Gasteiger charge is -2.18. The molecular weight excluding hydrogens is 805 g/mol. The zero-order chi connectivity index (χ0) is 47.2. The van der Waals surface area contributed by atoms with Crippen LogP contribution in [0.15, 0.2) is 72.9 Å². The van der Waals surface area contributed by atoms with Crippen LogP contribution >= 0.6 is 0 Å². The fourth-order valence-electron chi connectivity index (χ4n) is 7.57. The van der Waals surface area contributed by atoms with Gasteiger partial charge >= 0.3 is 17.9 Å². The van der Waals surface area contributed by atoms with Gasteiger partial charge in [0.2, 0.25) is 0 Å². The van der Waals surface area contributed by atoms with Crippen LogP contribution in [0.2, 0.25) is 0 Å². The molecule has 0 fully saturated rings. The summed E-state index contributed by atoms with van der Waals surface area (Å²) in [6.45, 7) is 6.45. The molecule has 0 radical (unpaired) electrons. The van der Waals surface area contributed by atoms with Gasteiger partial charge in [-0.2, -0.15) is 0 Å². The van der Waals surface area contributed by atoms with E-state index in [1.165, 1.54) is 116 Å². The van der Waals surface area contributed by atoms with E-state index in [-0.39, 0.29) is 37.5 Å². The minimum absolute atomic E-state index is 0.0948. The normalized spacial score (nSPS) is 12.6. The number of esters is 3. The van der Waals surface area contributed by atoms with Crippen molar-refractivity contribution in [2.75, 3.05) is 13.2 Å². The molecule has 6 nitrogen and oxygen atoms in total. The first kappa shape index (κ1) is 61.9. The molecule has 6 heteroatoms. The minimum Gasteiger partial charge on any atom is -0.462 e. The molecule has 0 heterocycles. The molecule has 1 unspecified atom stereocenters. The van der Waals surface area contributed by atoms with Gasteiger partial charge in [-0.05, 0) is 83.5 Å². The van der Waals surface area contributed by atoms with Crippen LogP contribution in [0, 0.1) is 0 Å². The molecule has 65 heavy (non-hydrogen) atoms. The highest BCUT2D eigenvalue weighted by molar-refractivity contribution is 5.71. The second-order valence-corrected chi connectivity index (χ2v) is 18.1. The van der Waals surface area contributed by atoms with Crippen molar-refractivity contribution in [1.82, 2.24) is 0 Å². The zero-order valence-corrected chi connectivity index (χ0v) is 42.7. The summed E-state index contributed by atoms with van der Waals surface area (Å²) < 4.78 is 16.8.